The quantitative estimate of drug-likeness (QED) is 0.736. The fourth-order valence-corrected chi connectivity index (χ4v) is 2.49. The first kappa shape index (κ1) is 18.4. The molecule has 0 heterocycles. The molecule has 0 saturated heterocycles. The number of amides is 1. The van der Waals surface area contributed by atoms with Crippen molar-refractivity contribution in [1.82, 2.24) is 9.21 Å². The van der Waals surface area contributed by atoms with Crippen LogP contribution >= 0.6 is 11.6 Å². The van der Waals surface area contributed by atoms with Crippen molar-refractivity contribution in [3.05, 3.63) is 28.8 Å². The third-order valence-electron chi connectivity index (χ3n) is 2.76. The molecule has 0 aliphatic carbocycles. The lowest BCUT2D eigenvalue weighted by Gasteiger charge is -2.13. The third-order valence-corrected chi connectivity index (χ3v) is 4.90. The van der Waals surface area contributed by atoms with E-state index in [1.54, 1.807) is 0 Å². The summed E-state index contributed by atoms with van der Waals surface area (Å²) in [4.78, 5) is 24.5. The molecule has 0 bridgehead atoms. The van der Waals surface area contributed by atoms with Crippen molar-refractivity contribution in [2.45, 2.75) is 4.90 Å². The van der Waals surface area contributed by atoms with Crippen molar-refractivity contribution >= 4 is 33.5 Å². The molecule has 122 valence electrons. The summed E-state index contributed by atoms with van der Waals surface area (Å²) in [6.45, 7) is -0.452. The molecule has 0 atom stereocenters. The minimum atomic E-state index is -3.70. The van der Waals surface area contributed by atoms with Crippen LogP contribution in [0.1, 0.15) is 10.4 Å². The predicted octanol–water partition coefficient (Wildman–Crippen LogP) is 0.835. The summed E-state index contributed by atoms with van der Waals surface area (Å²) in [6.07, 6.45) is 0. The molecule has 22 heavy (non-hydrogen) atoms. The zero-order chi connectivity index (χ0) is 17.1. The van der Waals surface area contributed by atoms with Crippen LogP contribution < -0.4 is 0 Å². The van der Waals surface area contributed by atoms with Gasteiger partial charge in [0.2, 0.25) is 10.0 Å². The summed E-state index contributed by atoms with van der Waals surface area (Å²) in [5, 5.41) is 0.0417. The molecular weight excluding hydrogens is 332 g/mol. The van der Waals surface area contributed by atoms with Gasteiger partial charge in [-0.1, -0.05) is 11.6 Å². The zero-order valence-electron chi connectivity index (χ0n) is 12.7. The van der Waals surface area contributed by atoms with E-state index in [9.17, 15) is 18.0 Å². The highest BCUT2D eigenvalue weighted by molar-refractivity contribution is 7.89. The van der Waals surface area contributed by atoms with Gasteiger partial charge in [0.15, 0.2) is 6.61 Å². The molecule has 9 heteroatoms. The van der Waals surface area contributed by atoms with Crippen LogP contribution in [0, 0.1) is 0 Å². The smallest absolute Gasteiger partial charge is 0.340 e. The van der Waals surface area contributed by atoms with Crippen LogP contribution in [0.3, 0.4) is 0 Å². The molecule has 7 nitrogen and oxygen atoms in total. The Bertz CT molecular complexity index is 686. The van der Waals surface area contributed by atoms with Crippen molar-refractivity contribution < 1.29 is 22.7 Å². The van der Waals surface area contributed by atoms with Gasteiger partial charge in [0, 0.05) is 28.2 Å². The van der Waals surface area contributed by atoms with Crippen molar-refractivity contribution in [1.29, 1.82) is 0 Å². The average Bonchev–Trinajstić information content (AvgIpc) is 2.44. The molecule has 0 fully saturated rings. The van der Waals surface area contributed by atoms with E-state index in [1.165, 1.54) is 45.2 Å². The number of carbonyl (C=O) groups is 2. The number of hydrogen-bond donors (Lipinski definition) is 0. The highest BCUT2D eigenvalue weighted by atomic mass is 35.5. The molecule has 0 radical (unpaired) electrons. The normalized spacial score (nSPS) is 11.4. The molecule has 1 aromatic carbocycles. The highest BCUT2D eigenvalue weighted by Gasteiger charge is 2.22. The van der Waals surface area contributed by atoms with Crippen LogP contribution in [0.4, 0.5) is 0 Å². The number of nitrogens with zero attached hydrogens (tertiary/aromatic N) is 2. The van der Waals surface area contributed by atoms with Gasteiger partial charge in [0.1, 0.15) is 0 Å². The number of sulfonamides is 1. The van der Waals surface area contributed by atoms with Crippen molar-refractivity contribution in [2.75, 3.05) is 34.8 Å². The molecule has 0 unspecified atom stereocenters. The highest BCUT2D eigenvalue weighted by Crippen LogP contribution is 2.22. The maximum absolute atomic E-state index is 12.0. The van der Waals surface area contributed by atoms with Crippen LogP contribution in [-0.4, -0.2) is 64.3 Å². The molecule has 1 rings (SSSR count). The topological polar surface area (TPSA) is 84.0 Å². The van der Waals surface area contributed by atoms with E-state index >= 15 is 0 Å². The molecule has 0 aliphatic rings. The molecule has 1 aromatic rings. The number of halogens is 1. The Labute approximate surface area is 134 Å². The number of likely N-dealkylation sites (N-methyl/N-ethyl adjacent to an activating group) is 1. The van der Waals surface area contributed by atoms with Gasteiger partial charge in [0.25, 0.3) is 5.91 Å². The second-order valence-electron chi connectivity index (χ2n) is 4.79. The Morgan fingerprint density at radius 1 is 1.18 bits per heavy atom. The first-order valence-corrected chi connectivity index (χ1v) is 7.98. The summed E-state index contributed by atoms with van der Waals surface area (Å²) < 4.78 is 29.9. The second kappa shape index (κ2) is 7.08. The van der Waals surface area contributed by atoms with Gasteiger partial charge >= 0.3 is 5.97 Å². The molecular formula is C13H17ClN2O5S. The molecule has 0 N–H and O–H groups in total. The van der Waals surface area contributed by atoms with Gasteiger partial charge in [-0.2, -0.15) is 0 Å². The summed E-state index contributed by atoms with van der Waals surface area (Å²) in [5.74, 6) is -1.27. The van der Waals surface area contributed by atoms with E-state index in [-0.39, 0.29) is 15.5 Å². The predicted molar refractivity (Wildman–Crippen MR) is 81.3 cm³/mol. The van der Waals surface area contributed by atoms with Crippen molar-refractivity contribution in [3.8, 4) is 0 Å². The van der Waals surface area contributed by atoms with Crippen LogP contribution in [0.5, 0.6) is 0 Å². The van der Waals surface area contributed by atoms with Gasteiger partial charge in [-0.15, -0.1) is 0 Å². The Kier molecular flexibility index (Phi) is 5.92. The van der Waals surface area contributed by atoms with Crippen molar-refractivity contribution in [2.24, 2.45) is 0 Å². The number of esters is 1. The molecule has 0 saturated carbocycles. The first-order chi connectivity index (χ1) is 10.1. The Morgan fingerprint density at radius 3 is 2.27 bits per heavy atom. The molecule has 0 aromatic heterocycles. The number of rotatable bonds is 5. The number of carbonyl (C=O) groups excluding carboxylic acids is 2. The van der Waals surface area contributed by atoms with Crippen LogP contribution in [-0.2, 0) is 19.6 Å². The summed E-state index contributed by atoms with van der Waals surface area (Å²) in [6, 6.07) is 3.71. The van der Waals surface area contributed by atoms with Crippen LogP contribution in [0.2, 0.25) is 5.02 Å². The van der Waals surface area contributed by atoms with Crippen LogP contribution in [0.25, 0.3) is 0 Å². The van der Waals surface area contributed by atoms with E-state index < -0.39 is 28.5 Å². The lowest BCUT2D eigenvalue weighted by Crippen LogP contribution is -2.27. The summed E-state index contributed by atoms with van der Waals surface area (Å²) in [5.41, 5.74) is -0.115. The fraction of sp³-hybridized carbons (Fsp3) is 0.385. The van der Waals surface area contributed by atoms with Gasteiger partial charge in [-0.05, 0) is 18.2 Å². The van der Waals surface area contributed by atoms with E-state index in [1.807, 2.05) is 0 Å². The van der Waals surface area contributed by atoms with Gasteiger partial charge in [0.05, 0.1) is 15.5 Å². The van der Waals surface area contributed by atoms with E-state index in [0.29, 0.717) is 0 Å². The van der Waals surface area contributed by atoms with E-state index in [2.05, 4.69) is 0 Å². The summed E-state index contributed by atoms with van der Waals surface area (Å²) in [7, 11) is 2.09. The number of benzene rings is 1. The number of ether oxygens (including phenoxy) is 1. The van der Waals surface area contributed by atoms with E-state index in [4.69, 9.17) is 16.3 Å². The number of hydrogen-bond acceptors (Lipinski definition) is 5. The monoisotopic (exact) mass is 348 g/mol. The third kappa shape index (κ3) is 4.19. The minimum absolute atomic E-state index is 0.0417. The Hall–Kier alpha value is -1.64. The SMILES string of the molecule is CN(C)C(=O)COC(=O)c1cc(S(=O)(=O)N(C)C)ccc1Cl. The fourth-order valence-electron chi connectivity index (χ4n) is 1.37. The van der Waals surface area contributed by atoms with E-state index in [0.717, 1.165) is 10.4 Å². The summed E-state index contributed by atoms with van der Waals surface area (Å²) >= 11 is 5.89. The molecule has 1 amide bonds. The molecule has 0 aliphatic heterocycles. The van der Waals surface area contributed by atoms with Gasteiger partial charge in [-0.25, -0.2) is 17.5 Å². The molecule has 0 spiro atoms. The average molecular weight is 349 g/mol. The second-order valence-corrected chi connectivity index (χ2v) is 7.35. The van der Waals surface area contributed by atoms with Gasteiger partial charge < -0.3 is 9.64 Å². The standard InChI is InChI=1S/C13H17ClN2O5S/c1-15(2)12(17)8-21-13(18)10-7-9(5-6-11(10)14)22(19,20)16(3)4/h5-7H,8H2,1-4H3. The van der Waals surface area contributed by atoms with Crippen molar-refractivity contribution in [3.63, 3.8) is 0 Å². The Balaban J connectivity index is 3.05. The maximum Gasteiger partial charge on any atom is 0.340 e. The zero-order valence-corrected chi connectivity index (χ0v) is 14.2. The lowest BCUT2D eigenvalue weighted by molar-refractivity contribution is -0.131. The lowest BCUT2D eigenvalue weighted by atomic mass is 10.2. The Morgan fingerprint density at radius 2 is 1.77 bits per heavy atom. The van der Waals surface area contributed by atoms with Crippen LogP contribution in [0.15, 0.2) is 23.1 Å². The largest absolute Gasteiger partial charge is 0.452 e. The first-order valence-electron chi connectivity index (χ1n) is 6.16. The minimum Gasteiger partial charge on any atom is -0.452 e. The van der Waals surface area contributed by atoms with Gasteiger partial charge in [-0.3, -0.25) is 4.79 Å². The maximum atomic E-state index is 12.0.